The van der Waals surface area contributed by atoms with Crippen molar-refractivity contribution < 1.29 is 0 Å². The smallest absolute Gasteiger partial charge is 0.252 e. The minimum atomic E-state index is -0.0390. The molecule has 70 heavy (non-hydrogen) atoms. The Labute approximate surface area is 406 Å². The van der Waals surface area contributed by atoms with Crippen molar-refractivity contribution >= 4 is 95.3 Å². The van der Waals surface area contributed by atoms with Crippen LogP contribution in [0.4, 0.5) is 34.1 Å². The monoisotopic (exact) mass is 887 g/mol. The molecule has 15 rings (SSSR count). The number of benzene rings is 11. The third-order valence-electron chi connectivity index (χ3n) is 15.0. The second-order valence-electron chi connectivity index (χ2n) is 18.9. The molecule has 4 heterocycles. The van der Waals surface area contributed by atoms with Crippen LogP contribution in [0.25, 0.3) is 82.6 Å². The molecule has 0 aliphatic carbocycles. The average molecular weight is 888 g/mol. The summed E-state index contributed by atoms with van der Waals surface area (Å²) in [7, 11) is 0. The van der Waals surface area contributed by atoms with Gasteiger partial charge in [-0.25, -0.2) is 0 Å². The Morgan fingerprint density at radius 3 is 1.24 bits per heavy atom. The van der Waals surface area contributed by atoms with Gasteiger partial charge >= 0.3 is 0 Å². The van der Waals surface area contributed by atoms with Crippen LogP contribution in [-0.2, 0) is 0 Å². The summed E-state index contributed by atoms with van der Waals surface area (Å²) in [5.74, 6) is 0. The molecule has 2 aliphatic rings. The van der Waals surface area contributed by atoms with Gasteiger partial charge in [0.2, 0.25) is 0 Å². The van der Waals surface area contributed by atoms with E-state index >= 15 is 0 Å². The van der Waals surface area contributed by atoms with Crippen LogP contribution in [0.2, 0.25) is 0 Å². The molecule has 3 nitrogen and oxygen atoms in total. The lowest BCUT2D eigenvalue weighted by Gasteiger charge is -2.44. The molecule has 0 radical (unpaired) electrons. The largest absolute Gasteiger partial charge is 0.311 e. The summed E-state index contributed by atoms with van der Waals surface area (Å²) in [6.45, 7) is -0.0390. The number of para-hydroxylation sites is 3. The molecule has 4 heteroatoms. The Morgan fingerprint density at radius 2 is 0.686 bits per heavy atom. The van der Waals surface area contributed by atoms with E-state index in [4.69, 9.17) is 0 Å². The first-order valence-corrected chi connectivity index (χ1v) is 24.3. The van der Waals surface area contributed by atoms with Gasteiger partial charge in [0.05, 0.1) is 16.6 Å². The summed E-state index contributed by atoms with van der Waals surface area (Å²) in [5, 5.41) is 5.13. The molecule has 2 aliphatic heterocycles. The van der Waals surface area contributed by atoms with E-state index < -0.39 is 0 Å². The molecule has 0 bridgehead atoms. The molecule has 0 amide bonds. The minimum Gasteiger partial charge on any atom is -0.311 e. The van der Waals surface area contributed by atoms with Gasteiger partial charge in [-0.05, 0) is 128 Å². The van der Waals surface area contributed by atoms with Gasteiger partial charge in [-0.15, -0.1) is 0 Å². The summed E-state index contributed by atoms with van der Waals surface area (Å²) in [6.07, 6.45) is 0. The summed E-state index contributed by atoms with van der Waals surface area (Å²) >= 11 is 0. The highest BCUT2D eigenvalue weighted by molar-refractivity contribution is 7.00. The zero-order chi connectivity index (χ0) is 45.9. The first-order valence-electron chi connectivity index (χ1n) is 24.3. The fourth-order valence-corrected chi connectivity index (χ4v) is 12.0. The second-order valence-corrected chi connectivity index (χ2v) is 18.9. The summed E-state index contributed by atoms with van der Waals surface area (Å²) < 4.78 is 2.52. The first-order chi connectivity index (χ1) is 34.7. The van der Waals surface area contributed by atoms with Crippen LogP contribution in [0.3, 0.4) is 0 Å². The molecule has 2 aromatic heterocycles. The van der Waals surface area contributed by atoms with Gasteiger partial charge in [-0.2, -0.15) is 0 Å². The highest BCUT2D eigenvalue weighted by Crippen LogP contribution is 2.49. The van der Waals surface area contributed by atoms with Crippen LogP contribution >= 0.6 is 0 Å². The molecule has 13 aromatic rings. The Kier molecular flexibility index (Phi) is 8.45. The Morgan fingerprint density at radius 1 is 0.257 bits per heavy atom. The molecule has 0 fully saturated rings. The van der Waals surface area contributed by atoms with Crippen molar-refractivity contribution in [3.8, 4) is 44.5 Å². The normalized spacial score (nSPS) is 12.8. The van der Waals surface area contributed by atoms with E-state index in [0.29, 0.717) is 0 Å². The van der Waals surface area contributed by atoms with E-state index in [1.165, 1.54) is 122 Å². The zero-order valence-corrected chi connectivity index (χ0v) is 38.2. The number of hydrogen-bond donors (Lipinski definition) is 0. The van der Waals surface area contributed by atoms with Crippen LogP contribution in [0, 0.1) is 0 Å². The Bertz CT molecular complexity index is 4070. The molecule has 324 valence electrons. The molecule has 0 saturated carbocycles. The molecular weight excluding hydrogens is 846 g/mol. The van der Waals surface area contributed by atoms with Gasteiger partial charge in [0.1, 0.15) is 0 Å². The molecule has 0 unspecified atom stereocenters. The topological polar surface area (TPSA) is 10.9 Å². The van der Waals surface area contributed by atoms with Crippen molar-refractivity contribution in [3.63, 3.8) is 0 Å². The van der Waals surface area contributed by atoms with Crippen LogP contribution in [0.15, 0.2) is 255 Å². The Balaban J connectivity index is 1.05. The highest BCUT2D eigenvalue weighted by atomic mass is 15.2. The number of nitrogens with zero attached hydrogens (tertiary/aromatic N) is 3. The van der Waals surface area contributed by atoms with Gasteiger partial charge in [-0.3, -0.25) is 0 Å². The number of aromatic nitrogens is 1. The summed E-state index contributed by atoms with van der Waals surface area (Å²) in [4.78, 5) is 5.12. The van der Waals surface area contributed by atoms with Crippen molar-refractivity contribution in [2.24, 2.45) is 0 Å². The van der Waals surface area contributed by atoms with Crippen molar-refractivity contribution in [1.29, 1.82) is 0 Å². The van der Waals surface area contributed by atoms with Gasteiger partial charge in [0, 0.05) is 55.7 Å². The number of fused-ring (bicyclic) bond motifs is 10. The van der Waals surface area contributed by atoms with Gasteiger partial charge in [-0.1, -0.05) is 188 Å². The molecule has 11 aromatic carbocycles. The van der Waals surface area contributed by atoms with Crippen LogP contribution in [0.1, 0.15) is 0 Å². The molecular formula is C66H42BN3. The third kappa shape index (κ3) is 5.77. The third-order valence-corrected chi connectivity index (χ3v) is 15.0. The summed E-state index contributed by atoms with van der Waals surface area (Å²) in [6, 6.07) is 94.5. The maximum Gasteiger partial charge on any atom is 0.252 e. The van der Waals surface area contributed by atoms with Gasteiger partial charge < -0.3 is 14.2 Å². The van der Waals surface area contributed by atoms with Gasteiger partial charge in [0.25, 0.3) is 6.71 Å². The molecule has 0 N–H and O–H groups in total. The number of rotatable bonds is 6. The van der Waals surface area contributed by atoms with E-state index in [2.05, 4.69) is 269 Å². The fourth-order valence-electron chi connectivity index (χ4n) is 12.0. The summed E-state index contributed by atoms with van der Waals surface area (Å²) in [5.41, 5.74) is 24.1. The van der Waals surface area contributed by atoms with Crippen molar-refractivity contribution in [2.75, 3.05) is 9.80 Å². The first kappa shape index (κ1) is 38.9. The van der Waals surface area contributed by atoms with Gasteiger partial charge in [0.15, 0.2) is 0 Å². The predicted octanol–water partition coefficient (Wildman–Crippen LogP) is 15.6. The van der Waals surface area contributed by atoms with Crippen LogP contribution < -0.4 is 26.2 Å². The van der Waals surface area contributed by atoms with E-state index in [1.807, 2.05) is 0 Å². The predicted molar refractivity (Wildman–Crippen MR) is 297 cm³/mol. The van der Waals surface area contributed by atoms with E-state index in [-0.39, 0.29) is 6.71 Å². The minimum absolute atomic E-state index is 0.0390. The maximum absolute atomic E-state index is 2.58. The van der Waals surface area contributed by atoms with Crippen molar-refractivity contribution in [3.05, 3.63) is 255 Å². The van der Waals surface area contributed by atoms with Crippen molar-refractivity contribution in [2.45, 2.75) is 0 Å². The van der Waals surface area contributed by atoms with E-state index in [0.717, 1.165) is 11.4 Å². The zero-order valence-electron chi connectivity index (χ0n) is 38.2. The lowest BCUT2D eigenvalue weighted by molar-refractivity contribution is 1.25. The van der Waals surface area contributed by atoms with Crippen LogP contribution in [0.5, 0.6) is 0 Å². The quantitative estimate of drug-likeness (QED) is 0.154. The molecule has 0 saturated heterocycles. The average Bonchev–Trinajstić information content (AvgIpc) is 3.95. The fraction of sp³-hybridized carbons (Fsp3) is 0. The Hall–Kier alpha value is -9.12. The van der Waals surface area contributed by atoms with E-state index in [1.54, 1.807) is 0 Å². The standard InChI is InChI=1S/C66H42BN3/c1-5-19-43(20-6-1)47-35-48(44-21-7-2-8-22-44)38-51(37-47)68-60-32-16-14-30-57(60)67-58-41-56-55-29-17-28-54-53-27-13-15-31-59(53)70(66(54)55)63(56)42-64(58)69(62-34-18-33-61(68)65(62)67)52-39-49(45-23-9-3-10-24-45)36-50(40-52)46-25-11-4-12-26-46/h1-42H. The van der Waals surface area contributed by atoms with Crippen LogP contribution in [-0.4, -0.2) is 11.1 Å². The SMILES string of the molecule is c1ccc(-c2cc(-c3ccccc3)cc(N3c4ccccc4B4c5cc6c7cccc8c9ccccc9n(c6cc5N(c5cc(-c6ccccc6)cc(-c6ccccc6)c5)c5cccc3c54)c87)c2)cc1. The second kappa shape index (κ2) is 15.2. The van der Waals surface area contributed by atoms with E-state index in [9.17, 15) is 0 Å². The highest BCUT2D eigenvalue weighted by Gasteiger charge is 2.44. The lowest BCUT2D eigenvalue weighted by atomic mass is 9.33. The number of hydrogen-bond acceptors (Lipinski definition) is 2. The molecule has 0 atom stereocenters. The lowest BCUT2D eigenvalue weighted by Crippen LogP contribution is -2.61. The molecule has 0 spiro atoms. The maximum atomic E-state index is 2.58. The van der Waals surface area contributed by atoms with Crippen molar-refractivity contribution in [1.82, 2.24) is 4.40 Å². The number of anilines is 6.